The maximum Gasteiger partial charge on any atom is 0.360 e. The first-order valence-electron chi connectivity index (χ1n) is 6.57. The van der Waals surface area contributed by atoms with E-state index in [4.69, 9.17) is 9.26 Å². The largest absolute Gasteiger partial charge is 0.461 e. The second kappa shape index (κ2) is 5.05. The minimum atomic E-state index is -0.414. The summed E-state index contributed by atoms with van der Waals surface area (Å²) in [6.45, 7) is 4.25. The van der Waals surface area contributed by atoms with Gasteiger partial charge in [-0.25, -0.2) is 4.79 Å². The maximum absolute atomic E-state index is 11.9. The molecule has 0 amide bonds. The van der Waals surface area contributed by atoms with E-state index in [9.17, 15) is 4.79 Å². The molecule has 0 saturated carbocycles. The third-order valence-electron chi connectivity index (χ3n) is 3.56. The molecule has 0 spiro atoms. The zero-order chi connectivity index (χ0) is 14.3. The van der Waals surface area contributed by atoms with Crippen LogP contribution in [-0.4, -0.2) is 17.7 Å². The molecule has 1 heterocycles. The molecule has 4 nitrogen and oxygen atoms in total. The molecular formula is C15H14BrNO3. The van der Waals surface area contributed by atoms with E-state index in [0.717, 1.165) is 22.0 Å². The predicted molar refractivity (Wildman–Crippen MR) is 77.7 cm³/mol. The Morgan fingerprint density at radius 2 is 2.35 bits per heavy atom. The van der Waals surface area contributed by atoms with E-state index in [1.807, 2.05) is 12.1 Å². The van der Waals surface area contributed by atoms with Gasteiger partial charge in [0.1, 0.15) is 0 Å². The van der Waals surface area contributed by atoms with Crippen molar-refractivity contribution in [2.75, 3.05) is 6.61 Å². The Balaban J connectivity index is 2.13. The fourth-order valence-corrected chi connectivity index (χ4v) is 3.00. The molecular weight excluding hydrogens is 322 g/mol. The molecule has 1 aliphatic carbocycles. The van der Waals surface area contributed by atoms with Crippen LogP contribution in [0.5, 0.6) is 0 Å². The van der Waals surface area contributed by atoms with Gasteiger partial charge < -0.3 is 9.26 Å². The lowest BCUT2D eigenvalue weighted by Crippen LogP contribution is -2.13. The molecule has 3 rings (SSSR count). The Bertz CT molecular complexity index is 678. The van der Waals surface area contributed by atoms with Crippen molar-refractivity contribution in [1.82, 2.24) is 5.16 Å². The molecule has 1 atom stereocenters. The van der Waals surface area contributed by atoms with Gasteiger partial charge in [0.2, 0.25) is 0 Å². The van der Waals surface area contributed by atoms with Crippen molar-refractivity contribution in [2.24, 2.45) is 0 Å². The summed E-state index contributed by atoms with van der Waals surface area (Å²) in [4.78, 5) is 11.9. The highest BCUT2D eigenvalue weighted by atomic mass is 79.9. The second-order valence-corrected chi connectivity index (χ2v) is 5.81. The summed E-state index contributed by atoms with van der Waals surface area (Å²) in [6, 6.07) is 6.10. The van der Waals surface area contributed by atoms with Gasteiger partial charge in [0, 0.05) is 15.6 Å². The van der Waals surface area contributed by atoms with Crippen LogP contribution in [0.15, 0.2) is 27.2 Å². The van der Waals surface area contributed by atoms with Gasteiger partial charge in [0.05, 0.1) is 6.61 Å². The molecule has 0 bridgehead atoms. The van der Waals surface area contributed by atoms with E-state index in [1.165, 1.54) is 5.56 Å². The number of rotatable bonds is 2. The van der Waals surface area contributed by atoms with Crippen molar-refractivity contribution < 1.29 is 14.1 Å². The summed E-state index contributed by atoms with van der Waals surface area (Å²) < 4.78 is 11.4. The van der Waals surface area contributed by atoms with E-state index in [2.05, 4.69) is 34.1 Å². The number of hydrogen-bond acceptors (Lipinski definition) is 4. The van der Waals surface area contributed by atoms with Crippen molar-refractivity contribution >= 4 is 21.9 Å². The molecule has 0 N–H and O–H groups in total. The number of esters is 1. The molecule has 1 unspecified atom stereocenters. The molecule has 0 fully saturated rings. The smallest absolute Gasteiger partial charge is 0.360 e. The normalized spacial score (nSPS) is 16.4. The van der Waals surface area contributed by atoms with Crippen LogP contribution in [-0.2, 0) is 11.2 Å². The Hall–Kier alpha value is -1.62. The Morgan fingerprint density at radius 3 is 3.10 bits per heavy atom. The van der Waals surface area contributed by atoms with Gasteiger partial charge in [-0.2, -0.15) is 0 Å². The van der Waals surface area contributed by atoms with Crippen LogP contribution in [0.2, 0.25) is 0 Å². The first kappa shape index (κ1) is 13.4. The highest BCUT2D eigenvalue weighted by Gasteiger charge is 2.31. The summed E-state index contributed by atoms with van der Waals surface area (Å²) in [5.41, 5.74) is 3.37. The number of hydrogen-bond donors (Lipinski definition) is 0. The van der Waals surface area contributed by atoms with Gasteiger partial charge in [-0.3, -0.25) is 0 Å². The first-order valence-corrected chi connectivity index (χ1v) is 7.36. The van der Waals surface area contributed by atoms with Crippen LogP contribution in [0.3, 0.4) is 0 Å². The molecule has 1 aromatic heterocycles. The number of carbonyl (C=O) groups excluding carboxylic acids is 1. The van der Waals surface area contributed by atoms with E-state index in [-0.39, 0.29) is 0 Å². The summed E-state index contributed by atoms with van der Waals surface area (Å²) in [6.07, 6.45) is 0.738. The average Bonchev–Trinajstić information content (AvgIpc) is 2.82. The highest BCUT2D eigenvalue weighted by molar-refractivity contribution is 9.10. The third-order valence-corrected chi connectivity index (χ3v) is 4.05. The minimum Gasteiger partial charge on any atom is -0.461 e. The number of ether oxygens (including phenoxy) is 1. The van der Waals surface area contributed by atoms with Gasteiger partial charge in [-0.15, -0.1) is 0 Å². The Labute approximate surface area is 125 Å². The standard InChI is InChI=1S/C15H14BrNO3/c1-3-19-15(18)13-12-6-8(2)10-5-4-9(16)7-11(10)14(12)20-17-13/h4-5,7-8H,3,6H2,1-2H3. The number of benzene rings is 1. The number of aromatic nitrogens is 1. The van der Waals surface area contributed by atoms with Crippen molar-refractivity contribution in [3.63, 3.8) is 0 Å². The SMILES string of the molecule is CCOC(=O)c1noc2c1CC(C)c1ccc(Br)cc1-2. The monoisotopic (exact) mass is 335 g/mol. The van der Waals surface area contributed by atoms with Crippen molar-refractivity contribution in [1.29, 1.82) is 0 Å². The lowest BCUT2D eigenvalue weighted by atomic mass is 9.82. The highest BCUT2D eigenvalue weighted by Crippen LogP contribution is 2.42. The number of fused-ring (bicyclic) bond motifs is 3. The molecule has 0 saturated heterocycles. The number of carbonyl (C=O) groups is 1. The van der Waals surface area contributed by atoms with Gasteiger partial charge in [-0.05, 0) is 37.0 Å². The quantitative estimate of drug-likeness (QED) is 0.780. The zero-order valence-corrected chi connectivity index (χ0v) is 12.9. The van der Waals surface area contributed by atoms with E-state index in [0.29, 0.717) is 24.0 Å². The summed E-state index contributed by atoms with van der Waals surface area (Å²) >= 11 is 3.47. The summed E-state index contributed by atoms with van der Waals surface area (Å²) in [5, 5.41) is 3.91. The van der Waals surface area contributed by atoms with E-state index < -0.39 is 5.97 Å². The van der Waals surface area contributed by atoms with Crippen LogP contribution in [0.1, 0.15) is 41.4 Å². The van der Waals surface area contributed by atoms with Crippen LogP contribution in [0.4, 0.5) is 0 Å². The van der Waals surface area contributed by atoms with Crippen molar-refractivity contribution in [3.05, 3.63) is 39.5 Å². The Morgan fingerprint density at radius 1 is 1.55 bits per heavy atom. The van der Waals surface area contributed by atoms with Gasteiger partial charge in [-0.1, -0.05) is 34.1 Å². The number of nitrogens with zero attached hydrogens (tertiary/aromatic N) is 1. The fourth-order valence-electron chi connectivity index (χ4n) is 2.64. The van der Waals surface area contributed by atoms with Crippen LogP contribution >= 0.6 is 15.9 Å². The molecule has 1 aliphatic rings. The average molecular weight is 336 g/mol. The van der Waals surface area contributed by atoms with Crippen molar-refractivity contribution in [3.8, 4) is 11.3 Å². The molecule has 104 valence electrons. The second-order valence-electron chi connectivity index (χ2n) is 4.90. The molecule has 0 radical (unpaired) electrons. The fraction of sp³-hybridized carbons (Fsp3) is 0.333. The van der Waals surface area contributed by atoms with Crippen molar-refractivity contribution in [2.45, 2.75) is 26.2 Å². The lowest BCUT2D eigenvalue weighted by Gasteiger charge is -2.21. The van der Waals surface area contributed by atoms with Gasteiger partial charge in [0.25, 0.3) is 0 Å². The predicted octanol–water partition coefficient (Wildman–Crippen LogP) is 3.94. The van der Waals surface area contributed by atoms with E-state index in [1.54, 1.807) is 6.92 Å². The molecule has 20 heavy (non-hydrogen) atoms. The molecule has 2 aromatic rings. The first-order chi connectivity index (χ1) is 9.61. The summed E-state index contributed by atoms with van der Waals surface area (Å²) in [5.74, 6) is 0.587. The van der Waals surface area contributed by atoms with Gasteiger partial charge in [0.15, 0.2) is 11.5 Å². The molecule has 1 aromatic carbocycles. The van der Waals surface area contributed by atoms with Crippen LogP contribution < -0.4 is 0 Å². The minimum absolute atomic E-state index is 0.305. The van der Waals surface area contributed by atoms with Gasteiger partial charge >= 0.3 is 5.97 Å². The maximum atomic E-state index is 11.9. The van der Waals surface area contributed by atoms with Crippen LogP contribution in [0.25, 0.3) is 11.3 Å². The molecule has 5 heteroatoms. The third kappa shape index (κ3) is 2.06. The number of halogens is 1. The van der Waals surface area contributed by atoms with E-state index >= 15 is 0 Å². The topological polar surface area (TPSA) is 52.3 Å². The Kier molecular flexibility index (Phi) is 3.38. The lowest BCUT2D eigenvalue weighted by molar-refractivity contribution is 0.0513. The van der Waals surface area contributed by atoms with Crippen LogP contribution in [0, 0.1) is 0 Å². The summed E-state index contributed by atoms with van der Waals surface area (Å²) in [7, 11) is 0. The zero-order valence-electron chi connectivity index (χ0n) is 11.3. The molecule has 0 aliphatic heterocycles.